The lowest BCUT2D eigenvalue weighted by atomic mass is 10.1. The Hall–Kier alpha value is -7.14. The van der Waals surface area contributed by atoms with Gasteiger partial charge in [-0.05, 0) is 110 Å². The molecule has 4 aliphatic rings. The number of aryl methyl sites for hydroxylation is 2. The van der Waals surface area contributed by atoms with Crippen LogP contribution in [-0.2, 0) is 53.7 Å². The van der Waals surface area contributed by atoms with Gasteiger partial charge in [-0.25, -0.2) is 67.9 Å². The highest BCUT2D eigenvalue weighted by Gasteiger charge is 2.30. The van der Waals surface area contributed by atoms with Crippen molar-refractivity contribution in [2.24, 2.45) is 4.36 Å². The van der Waals surface area contributed by atoms with E-state index >= 15 is 0 Å². The molecule has 90 heavy (non-hydrogen) atoms. The van der Waals surface area contributed by atoms with E-state index in [-0.39, 0.29) is 60.0 Å². The Morgan fingerprint density at radius 3 is 1.56 bits per heavy atom. The predicted molar refractivity (Wildman–Crippen MR) is 355 cm³/mol. The van der Waals surface area contributed by atoms with Crippen LogP contribution in [0, 0.1) is 18.6 Å². The Kier molecular flexibility index (Phi) is 21.5. The minimum Gasteiger partial charge on any atom is -0.444 e. The summed E-state index contributed by atoms with van der Waals surface area (Å²) in [6.07, 6.45) is 8.60. The van der Waals surface area contributed by atoms with Gasteiger partial charge in [0.25, 0.3) is 20.0 Å². The van der Waals surface area contributed by atoms with Crippen molar-refractivity contribution in [2.45, 2.75) is 110 Å². The number of halogens is 1. The number of hydrogen-bond acceptors (Lipinski definition) is 20. The average molecular weight is 1330 g/mol. The van der Waals surface area contributed by atoms with Gasteiger partial charge < -0.3 is 28.9 Å². The molecule has 1 amide bonds. The second kappa shape index (κ2) is 28.2. The fraction of sp³-hybridized carbons (Fsp3) is 0.435. The van der Waals surface area contributed by atoms with Gasteiger partial charge in [0, 0.05) is 118 Å². The molecule has 2 atom stereocenters. The first-order chi connectivity index (χ1) is 41.8. The van der Waals surface area contributed by atoms with Gasteiger partial charge in [0.2, 0.25) is 0 Å². The van der Waals surface area contributed by atoms with Crippen LogP contribution < -0.4 is 9.80 Å². The lowest BCUT2D eigenvalue weighted by Gasteiger charge is -2.34. The van der Waals surface area contributed by atoms with Gasteiger partial charge in [-0.2, -0.15) is 4.36 Å². The Balaban J connectivity index is 0.000000189. The van der Waals surface area contributed by atoms with Crippen molar-refractivity contribution in [3.05, 3.63) is 126 Å². The zero-order valence-corrected chi connectivity index (χ0v) is 54.1. The summed E-state index contributed by atoms with van der Waals surface area (Å²) in [7, 11) is -12.5. The number of nitrogens with one attached hydrogen (secondary N) is 1. The van der Waals surface area contributed by atoms with Gasteiger partial charge in [-0.3, -0.25) is 4.78 Å². The van der Waals surface area contributed by atoms with Gasteiger partial charge in [0.15, 0.2) is 28.8 Å². The van der Waals surface area contributed by atoms with E-state index in [2.05, 4.69) is 38.6 Å². The van der Waals surface area contributed by atoms with E-state index in [9.17, 15) is 30.0 Å². The van der Waals surface area contributed by atoms with E-state index in [1.165, 1.54) is 25.2 Å². The van der Waals surface area contributed by atoms with Crippen LogP contribution in [0.25, 0.3) is 44.8 Å². The molecule has 0 saturated carbocycles. The van der Waals surface area contributed by atoms with Crippen LogP contribution in [-0.4, -0.2) is 167 Å². The summed E-state index contributed by atoms with van der Waals surface area (Å²) in [6.45, 7) is 17.8. The van der Waals surface area contributed by atoms with Crippen LogP contribution in [0.1, 0.15) is 79.9 Å². The maximum atomic E-state index is 13.5. The number of fused-ring (bicyclic) bond motifs is 2. The first-order valence-electron chi connectivity index (χ1n) is 28.9. The molecule has 484 valence electrons. The minimum atomic E-state index is -3.87. The molecule has 6 aromatic heterocycles. The van der Waals surface area contributed by atoms with Gasteiger partial charge in [-0.15, -0.1) is 0 Å². The van der Waals surface area contributed by atoms with E-state index in [1.54, 1.807) is 97.3 Å². The summed E-state index contributed by atoms with van der Waals surface area (Å²) in [5.74, 6) is 4.19. The molecule has 0 spiro atoms. The monoisotopic (exact) mass is 1330 g/mol. The van der Waals surface area contributed by atoms with Crippen LogP contribution in [0.5, 0.6) is 0 Å². The van der Waals surface area contributed by atoms with E-state index in [0.29, 0.717) is 126 Å². The standard InChI is InChI=1S/C28H32N6O4S2.C23H22ClN5O3S.C9H18N2O3S.2CH4/c1-20-6-8-22(9-7-20)40(36,37)34-13-11-24-23(10-12-29-28(24)34)27-30-25(32-39(35)16-4-3-5-17-39)18-26(31-27)33-14-15-38-19-21(33)2;1-15-3-5-17(6-4-15)33(30,31)29-10-8-19-18(7-9-25-23(19)29)22-26-20(24)13-21(27-22)28-11-12-32-14-16(28)2;1-9(2,3)14-8(12)11-4-6-15(10,13)7-5-11;;/h6-13,18,21H,3-5,14-17,19H2,1-2H3;3-10,13,16H,11-12,14H2,1-2H3;10H,4-7H2,1-3H3;2*1H4/t21-;16-;;;/m11.../s1. The summed E-state index contributed by atoms with van der Waals surface area (Å²) >= 11 is 6.36. The number of rotatable bonds is 9. The lowest BCUT2D eigenvalue weighted by molar-refractivity contribution is 0.0268. The Bertz CT molecular complexity index is 4340. The highest BCUT2D eigenvalue weighted by atomic mass is 35.5. The molecular weight excluding hydrogens is 1250 g/mol. The smallest absolute Gasteiger partial charge is 0.410 e. The molecule has 28 heteroatoms. The molecule has 23 nitrogen and oxygen atoms in total. The Morgan fingerprint density at radius 1 is 0.644 bits per heavy atom. The number of ether oxygens (including phenoxy) is 3. The predicted octanol–water partition coefficient (Wildman–Crippen LogP) is 11.0. The number of carbonyl (C=O) groups excluding carboxylic acids is 1. The van der Waals surface area contributed by atoms with Crippen molar-refractivity contribution in [1.29, 1.82) is 4.78 Å². The molecule has 4 fully saturated rings. The number of nitrogens with zero attached hydrogens (tertiary/aromatic N) is 12. The quantitative estimate of drug-likeness (QED) is 0.131. The zero-order chi connectivity index (χ0) is 62.8. The SMILES string of the molecule is C.C.CC(C)(C)OC(=O)N1CCS(=N)(=O)CC1.Cc1ccc(S(=O)(=O)n2ccc3c(-c4nc(Cl)cc(N5CCOC[C@H]5C)n4)ccnc32)cc1.Cc1ccc(S(=O)(=O)n2ccc3c(-c4nc(N=S5(=O)CCCCC5)cc(N5CCOC[C@H]5C)n4)ccnc32)cc1. The van der Waals surface area contributed by atoms with Crippen molar-refractivity contribution < 1.29 is 44.3 Å². The summed E-state index contributed by atoms with van der Waals surface area (Å²) in [5, 5.41) is 1.53. The second-order valence-electron chi connectivity index (χ2n) is 23.1. The maximum Gasteiger partial charge on any atom is 0.410 e. The van der Waals surface area contributed by atoms with Gasteiger partial charge in [-0.1, -0.05) is 68.3 Å². The normalized spacial score (nSPS) is 18.4. The molecule has 4 saturated heterocycles. The first kappa shape index (κ1) is 68.8. The Labute approximate surface area is 533 Å². The number of pyridine rings is 2. The van der Waals surface area contributed by atoms with Gasteiger partial charge in [0.1, 0.15) is 22.4 Å². The molecule has 12 rings (SSSR count). The van der Waals surface area contributed by atoms with Crippen molar-refractivity contribution in [3.8, 4) is 22.8 Å². The lowest BCUT2D eigenvalue weighted by Crippen LogP contribution is -2.45. The molecule has 8 aromatic rings. The van der Waals surface area contributed by atoms with Crippen molar-refractivity contribution >= 4 is 96.7 Å². The number of amides is 1. The average Bonchev–Trinajstić information content (AvgIpc) is 1.58. The second-order valence-corrected chi connectivity index (χ2v) is 32.1. The molecule has 0 unspecified atom stereocenters. The number of morpholine rings is 2. The molecule has 2 aromatic carbocycles. The zero-order valence-electron chi connectivity index (χ0n) is 50.1. The molecule has 0 radical (unpaired) electrons. The van der Waals surface area contributed by atoms with Gasteiger partial charge in [0.05, 0.1) is 58.0 Å². The molecular formula is C62H80ClN13O10S4. The minimum absolute atomic E-state index is 0. The number of hydrogen-bond donors (Lipinski definition) is 1. The Morgan fingerprint density at radius 2 is 1.10 bits per heavy atom. The van der Waals surface area contributed by atoms with Crippen LogP contribution in [0.15, 0.2) is 124 Å². The number of aromatic nitrogens is 8. The third kappa shape index (κ3) is 15.8. The fourth-order valence-corrected chi connectivity index (χ4v) is 16.6. The van der Waals surface area contributed by atoms with Crippen molar-refractivity contribution in [1.82, 2.24) is 42.7 Å². The third-order valence-electron chi connectivity index (χ3n) is 15.2. The van der Waals surface area contributed by atoms with Crippen LogP contribution in [0.2, 0.25) is 5.15 Å². The van der Waals surface area contributed by atoms with E-state index in [0.717, 1.165) is 30.4 Å². The first-order valence-corrected chi connectivity index (χ1v) is 35.9. The highest BCUT2D eigenvalue weighted by Crippen LogP contribution is 2.35. The van der Waals surface area contributed by atoms with Crippen molar-refractivity contribution in [3.63, 3.8) is 0 Å². The van der Waals surface area contributed by atoms with Crippen LogP contribution >= 0.6 is 11.6 Å². The van der Waals surface area contributed by atoms with Crippen LogP contribution in [0.4, 0.5) is 22.2 Å². The molecule has 1 N–H and O–H groups in total. The summed E-state index contributed by atoms with van der Waals surface area (Å²) in [5.41, 5.74) is 3.32. The van der Waals surface area contributed by atoms with E-state index in [4.69, 9.17) is 49.9 Å². The molecule has 0 bridgehead atoms. The van der Waals surface area contributed by atoms with Crippen molar-refractivity contribution in [2.75, 3.05) is 85.4 Å². The summed E-state index contributed by atoms with van der Waals surface area (Å²) in [6, 6.07) is 24.2. The number of carbonyl (C=O) groups is 1. The van der Waals surface area contributed by atoms with Crippen LogP contribution in [0.3, 0.4) is 0 Å². The van der Waals surface area contributed by atoms with Gasteiger partial charge >= 0.3 is 6.09 Å². The largest absolute Gasteiger partial charge is 0.444 e. The summed E-state index contributed by atoms with van der Waals surface area (Å²) < 4.78 is 109. The summed E-state index contributed by atoms with van der Waals surface area (Å²) in [4.78, 5) is 45.3. The number of anilines is 2. The third-order valence-corrected chi connectivity index (χ3v) is 22.8. The highest BCUT2D eigenvalue weighted by molar-refractivity contribution is 7.93. The van der Waals surface area contributed by atoms with E-state index in [1.807, 2.05) is 34.6 Å². The topological polar surface area (TPSA) is 280 Å². The molecule has 10 heterocycles. The fourth-order valence-electron chi connectivity index (χ4n) is 10.4. The molecule has 4 aliphatic heterocycles. The maximum absolute atomic E-state index is 13.5. The number of benzene rings is 2. The van der Waals surface area contributed by atoms with E-state index < -0.39 is 45.1 Å². The molecule has 0 aliphatic carbocycles.